The Morgan fingerprint density at radius 2 is 2.10 bits per heavy atom. The van der Waals surface area contributed by atoms with Gasteiger partial charge in [0.25, 0.3) is 5.91 Å². The van der Waals surface area contributed by atoms with Crippen LogP contribution in [0, 0.1) is 11.3 Å². The first-order valence-corrected chi connectivity index (χ1v) is 10.5. The van der Waals surface area contributed by atoms with Gasteiger partial charge >= 0.3 is 0 Å². The second-order valence-electron chi connectivity index (χ2n) is 8.84. The minimum atomic E-state index is -0.0940. The molecule has 1 unspecified atom stereocenters. The molecule has 2 N–H and O–H groups in total. The normalized spacial score (nSPS) is 22.6. The third-order valence-corrected chi connectivity index (χ3v) is 5.90. The number of ether oxygens (including phenoxy) is 1. The Hall–Kier alpha value is -2.22. The minimum Gasteiger partial charge on any atom is -0.383 e. The number of likely N-dealkylation sites (tertiary alicyclic amines) is 2. The SMILES string of the molecule is COCCN1CC2(CCCN(C(=O)c3cc(CC(C)C)nc(N)n3)C2)CCC1=O. The number of methoxy groups -OCH3 is 1. The summed E-state index contributed by atoms with van der Waals surface area (Å²) in [6, 6.07) is 1.77. The Kier molecular flexibility index (Phi) is 6.72. The summed E-state index contributed by atoms with van der Waals surface area (Å²) in [4.78, 5) is 37.8. The smallest absolute Gasteiger partial charge is 0.272 e. The molecule has 0 radical (unpaired) electrons. The van der Waals surface area contributed by atoms with Crippen molar-refractivity contribution in [2.75, 3.05) is 45.6 Å². The maximum Gasteiger partial charge on any atom is 0.272 e. The second-order valence-corrected chi connectivity index (χ2v) is 8.84. The van der Waals surface area contributed by atoms with Gasteiger partial charge in [-0.2, -0.15) is 0 Å². The van der Waals surface area contributed by atoms with E-state index in [2.05, 4.69) is 23.8 Å². The summed E-state index contributed by atoms with van der Waals surface area (Å²) in [5.74, 6) is 0.650. The summed E-state index contributed by atoms with van der Waals surface area (Å²) in [6.45, 7) is 7.38. The lowest BCUT2D eigenvalue weighted by molar-refractivity contribution is -0.139. The number of nitrogens with two attached hydrogens (primary N) is 1. The lowest BCUT2D eigenvalue weighted by atomic mass is 9.73. The summed E-state index contributed by atoms with van der Waals surface area (Å²) >= 11 is 0. The number of piperidine rings is 2. The van der Waals surface area contributed by atoms with Gasteiger partial charge in [-0.1, -0.05) is 13.8 Å². The van der Waals surface area contributed by atoms with Crippen LogP contribution in [0.25, 0.3) is 0 Å². The van der Waals surface area contributed by atoms with Gasteiger partial charge in [-0.25, -0.2) is 9.97 Å². The first-order valence-electron chi connectivity index (χ1n) is 10.5. The minimum absolute atomic E-state index is 0.0467. The van der Waals surface area contributed by atoms with E-state index in [1.807, 2.05) is 9.80 Å². The molecule has 0 saturated carbocycles. The Labute approximate surface area is 172 Å². The first-order chi connectivity index (χ1) is 13.8. The third-order valence-electron chi connectivity index (χ3n) is 5.90. The summed E-state index contributed by atoms with van der Waals surface area (Å²) in [5.41, 5.74) is 6.99. The first kappa shape index (κ1) is 21.5. The molecule has 8 heteroatoms. The highest BCUT2D eigenvalue weighted by Crippen LogP contribution is 2.39. The maximum absolute atomic E-state index is 13.2. The van der Waals surface area contributed by atoms with Gasteiger partial charge in [0.2, 0.25) is 11.9 Å². The molecule has 2 aliphatic heterocycles. The molecule has 3 rings (SSSR count). The van der Waals surface area contributed by atoms with E-state index in [0.29, 0.717) is 50.8 Å². The molecule has 8 nitrogen and oxygen atoms in total. The fraction of sp³-hybridized carbons (Fsp3) is 0.714. The predicted octanol–water partition coefficient (Wildman–Crippen LogP) is 1.75. The molecule has 1 atom stereocenters. The molecule has 1 spiro atoms. The van der Waals surface area contributed by atoms with Crippen molar-refractivity contribution in [3.05, 3.63) is 17.5 Å². The van der Waals surface area contributed by atoms with Gasteiger partial charge in [-0.15, -0.1) is 0 Å². The van der Waals surface area contributed by atoms with Gasteiger partial charge < -0.3 is 20.3 Å². The van der Waals surface area contributed by atoms with Crippen molar-refractivity contribution in [2.45, 2.75) is 46.0 Å². The van der Waals surface area contributed by atoms with Gasteiger partial charge in [0.15, 0.2) is 0 Å². The highest BCUT2D eigenvalue weighted by atomic mass is 16.5. The summed E-state index contributed by atoms with van der Waals surface area (Å²) in [7, 11) is 1.65. The lowest BCUT2D eigenvalue weighted by Gasteiger charge is -2.48. The van der Waals surface area contributed by atoms with E-state index >= 15 is 0 Å². The molecular weight excluding hydrogens is 370 g/mol. The van der Waals surface area contributed by atoms with E-state index in [1.165, 1.54) is 0 Å². The molecular formula is C21H33N5O3. The fourth-order valence-electron chi connectivity index (χ4n) is 4.53. The van der Waals surface area contributed by atoms with Crippen LogP contribution >= 0.6 is 0 Å². The van der Waals surface area contributed by atoms with Crippen LogP contribution in [-0.2, 0) is 16.0 Å². The van der Waals surface area contributed by atoms with Crippen LogP contribution < -0.4 is 5.73 Å². The van der Waals surface area contributed by atoms with Gasteiger partial charge in [-0.05, 0) is 37.7 Å². The summed E-state index contributed by atoms with van der Waals surface area (Å²) in [5, 5.41) is 0. The molecule has 0 bridgehead atoms. The number of nitrogen functional groups attached to an aromatic ring is 1. The van der Waals surface area contributed by atoms with Gasteiger partial charge in [-0.3, -0.25) is 9.59 Å². The maximum atomic E-state index is 13.2. The van der Waals surface area contributed by atoms with Crippen molar-refractivity contribution in [2.24, 2.45) is 11.3 Å². The van der Waals surface area contributed by atoms with E-state index in [4.69, 9.17) is 10.5 Å². The Bertz CT molecular complexity index is 754. The van der Waals surface area contributed by atoms with E-state index in [1.54, 1.807) is 13.2 Å². The molecule has 2 saturated heterocycles. The van der Waals surface area contributed by atoms with Crippen LogP contribution in [-0.4, -0.2) is 71.5 Å². The number of hydrogen-bond acceptors (Lipinski definition) is 6. The number of nitrogens with zero attached hydrogens (tertiary/aromatic N) is 4. The van der Waals surface area contributed by atoms with E-state index in [9.17, 15) is 9.59 Å². The van der Waals surface area contributed by atoms with Crippen LogP contribution in [0.5, 0.6) is 0 Å². The largest absolute Gasteiger partial charge is 0.383 e. The zero-order valence-corrected chi connectivity index (χ0v) is 17.8. The number of rotatable bonds is 6. The van der Waals surface area contributed by atoms with Crippen molar-refractivity contribution in [3.8, 4) is 0 Å². The Balaban J connectivity index is 1.74. The van der Waals surface area contributed by atoms with Crippen LogP contribution in [0.1, 0.15) is 55.7 Å². The molecule has 3 heterocycles. The van der Waals surface area contributed by atoms with Crippen molar-refractivity contribution in [3.63, 3.8) is 0 Å². The van der Waals surface area contributed by atoms with Crippen molar-refractivity contribution >= 4 is 17.8 Å². The average molecular weight is 404 g/mol. The number of carbonyl (C=O) groups excluding carboxylic acids is 2. The Morgan fingerprint density at radius 1 is 1.31 bits per heavy atom. The quantitative estimate of drug-likeness (QED) is 0.776. The predicted molar refractivity (Wildman–Crippen MR) is 110 cm³/mol. The van der Waals surface area contributed by atoms with Crippen LogP contribution in [0.4, 0.5) is 5.95 Å². The van der Waals surface area contributed by atoms with Crippen molar-refractivity contribution in [1.82, 2.24) is 19.8 Å². The number of carbonyl (C=O) groups is 2. The number of anilines is 1. The zero-order valence-electron chi connectivity index (χ0n) is 17.8. The standard InChI is InChI=1S/C21H33N5O3/c1-15(2)11-16-12-17(24-20(22)23-16)19(28)26-8-4-6-21(14-26)7-5-18(27)25(13-21)9-10-29-3/h12,15H,4-11,13-14H2,1-3H3,(H2,22,23,24). The molecule has 0 aliphatic carbocycles. The van der Waals surface area contributed by atoms with Gasteiger partial charge in [0, 0.05) is 50.8 Å². The van der Waals surface area contributed by atoms with E-state index in [-0.39, 0.29) is 23.2 Å². The monoisotopic (exact) mass is 403 g/mol. The molecule has 1 aromatic rings. The van der Waals surface area contributed by atoms with Gasteiger partial charge in [0.05, 0.1) is 6.61 Å². The molecule has 2 aliphatic rings. The number of hydrogen-bond donors (Lipinski definition) is 1. The van der Waals surface area contributed by atoms with Gasteiger partial charge in [0.1, 0.15) is 5.69 Å². The van der Waals surface area contributed by atoms with Crippen LogP contribution in [0.15, 0.2) is 6.07 Å². The molecule has 2 fully saturated rings. The summed E-state index contributed by atoms with van der Waals surface area (Å²) in [6.07, 6.45) is 4.07. The van der Waals surface area contributed by atoms with E-state index < -0.39 is 0 Å². The van der Waals surface area contributed by atoms with E-state index in [0.717, 1.165) is 31.4 Å². The highest BCUT2D eigenvalue weighted by Gasteiger charge is 2.42. The topological polar surface area (TPSA) is 102 Å². The van der Waals surface area contributed by atoms with Crippen LogP contribution in [0.2, 0.25) is 0 Å². The molecule has 160 valence electrons. The average Bonchev–Trinajstić information content (AvgIpc) is 2.67. The van der Waals surface area contributed by atoms with Crippen molar-refractivity contribution in [1.29, 1.82) is 0 Å². The molecule has 29 heavy (non-hydrogen) atoms. The highest BCUT2D eigenvalue weighted by molar-refractivity contribution is 5.92. The number of aromatic nitrogens is 2. The fourth-order valence-corrected chi connectivity index (χ4v) is 4.53. The lowest BCUT2D eigenvalue weighted by Crippen LogP contribution is -2.55. The zero-order chi connectivity index (χ0) is 21.0. The molecule has 1 aromatic heterocycles. The number of amides is 2. The molecule has 0 aromatic carbocycles. The van der Waals surface area contributed by atoms with Crippen LogP contribution in [0.3, 0.4) is 0 Å². The second kappa shape index (κ2) is 9.07. The van der Waals surface area contributed by atoms with Crippen molar-refractivity contribution < 1.29 is 14.3 Å². The third kappa shape index (κ3) is 5.23. The molecule has 2 amide bonds. The summed E-state index contributed by atoms with van der Waals surface area (Å²) < 4.78 is 5.15. The Morgan fingerprint density at radius 3 is 2.83 bits per heavy atom.